The maximum atomic E-state index is 5.75. The lowest BCUT2D eigenvalue weighted by molar-refractivity contribution is 0.241. The van der Waals surface area contributed by atoms with E-state index in [1.807, 2.05) is 31.6 Å². The van der Waals surface area contributed by atoms with E-state index in [2.05, 4.69) is 28.5 Å². The van der Waals surface area contributed by atoms with Crippen molar-refractivity contribution in [2.45, 2.75) is 39.3 Å². The van der Waals surface area contributed by atoms with Crippen LogP contribution in [0.15, 0.2) is 24.5 Å². The third-order valence-corrected chi connectivity index (χ3v) is 3.23. The molecule has 0 spiro atoms. The van der Waals surface area contributed by atoms with Crippen LogP contribution in [0.2, 0.25) is 0 Å². The minimum absolute atomic E-state index is 0.106. The molecule has 0 aliphatic heterocycles. The Bertz CT molecular complexity index is 593. The minimum atomic E-state index is -0.175. The Balaban J connectivity index is 2.34. The molecule has 1 unspecified atom stereocenters. The van der Waals surface area contributed by atoms with E-state index in [9.17, 15) is 0 Å². The molecule has 6 nitrogen and oxygen atoms in total. The van der Waals surface area contributed by atoms with Crippen LogP contribution in [0, 0.1) is 0 Å². The Morgan fingerprint density at radius 2 is 2.10 bits per heavy atom. The summed E-state index contributed by atoms with van der Waals surface area (Å²) in [7, 11) is 1.92. The number of pyridine rings is 1. The Kier molecular flexibility index (Phi) is 4.93. The molecule has 0 aliphatic carbocycles. The standard InChI is InChI=1S/C15H23N5O/c1-5-12-7-14(20(4)19-12)15(18-16)11-6-13(9-17-8-11)21-10(2)3/h6-10,15,18H,5,16H2,1-4H3. The number of hydrogen-bond acceptors (Lipinski definition) is 5. The molecule has 0 aromatic carbocycles. The monoisotopic (exact) mass is 289 g/mol. The number of aromatic nitrogens is 3. The van der Waals surface area contributed by atoms with Crippen LogP contribution in [0.4, 0.5) is 0 Å². The number of rotatable bonds is 6. The van der Waals surface area contributed by atoms with E-state index in [4.69, 9.17) is 10.6 Å². The summed E-state index contributed by atoms with van der Waals surface area (Å²) in [6.45, 7) is 6.05. The molecule has 2 aromatic rings. The van der Waals surface area contributed by atoms with Gasteiger partial charge in [0.25, 0.3) is 0 Å². The number of ether oxygens (including phenoxy) is 1. The van der Waals surface area contributed by atoms with Crippen molar-refractivity contribution in [3.63, 3.8) is 0 Å². The molecule has 1 atom stereocenters. The Hall–Kier alpha value is -1.92. The van der Waals surface area contributed by atoms with Gasteiger partial charge in [-0.05, 0) is 38.0 Å². The van der Waals surface area contributed by atoms with Gasteiger partial charge in [-0.15, -0.1) is 0 Å². The first kappa shape index (κ1) is 15.5. The van der Waals surface area contributed by atoms with Gasteiger partial charge in [-0.3, -0.25) is 15.5 Å². The zero-order valence-electron chi connectivity index (χ0n) is 13.0. The Morgan fingerprint density at radius 1 is 1.33 bits per heavy atom. The van der Waals surface area contributed by atoms with Crippen LogP contribution in [0.3, 0.4) is 0 Å². The van der Waals surface area contributed by atoms with Crippen LogP contribution in [-0.2, 0) is 13.5 Å². The van der Waals surface area contributed by atoms with Crippen molar-refractivity contribution in [3.8, 4) is 5.75 Å². The van der Waals surface area contributed by atoms with Crippen LogP contribution in [0.5, 0.6) is 5.75 Å². The minimum Gasteiger partial charge on any atom is -0.489 e. The van der Waals surface area contributed by atoms with Crippen LogP contribution >= 0.6 is 0 Å². The number of aryl methyl sites for hydroxylation is 2. The van der Waals surface area contributed by atoms with Gasteiger partial charge in [0, 0.05) is 13.2 Å². The first-order chi connectivity index (χ1) is 10.0. The number of nitrogens with two attached hydrogens (primary N) is 1. The lowest BCUT2D eigenvalue weighted by Gasteiger charge is -2.17. The quantitative estimate of drug-likeness (QED) is 0.625. The van der Waals surface area contributed by atoms with Gasteiger partial charge in [0.2, 0.25) is 0 Å². The highest BCUT2D eigenvalue weighted by Gasteiger charge is 2.18. The lowest BCUT2D eigenvalue weighted by Crippen LogP contribution is -2.30. The summed E-state index contributed by atoms with van der Waals surface area (Å²) >= 11 is 0. The molecule has 114 valence electrons. The van der Waals surface area contributed by atoms with E-state index in [0.29, 0.717) is 0 Å². The predicted octanol–water partition coefficient (Wildman–Crippen LogP) is 1.72. The van der Waals surface area contributed by atoms with Crippen LogP contribution in [0.25, 0.3) is 0 Å². The molecule has 0 fully saturated rings. The van der Waals surface area contributed by atoms with Crippen molar-refractivity contribution in [1.29, 1.82) is 0 Å². The molecule has 0 amide bonds. The normalized spacial score (nSPS) is 12.7. The van der Waals surface area contributed by atoms with Gasteiger partial charge in [0.15, 0.2) is 0 Å². The van der Waals surface area contributed by atoms with Crippen LogP contribution < -0.4 is 16.0 Å². The molecule has 0 saturated heterocycles. The summed E-state index contributed by atoms with van der Waals surface area (Å²) < 4.78 is 7.54. The molecule has 0 radical (unpaired) electrons. The Labute approximate surface area is 125 Å². The highest BCUT2D eigenvalue weighted by Crippen LogP contribution is 2.24. The largest absolute Gasteiger partial charge is 0.489 e. The van der Waals surface area contributed by atoms with Gasteiger partial charge in [0.1, 0.15) is 5.75 Å². The van der Waals surface area contributed by atoms with Crippen molar-refractivity contribution in [3.05, 3.63) is 41.5 Å². The molecule has 0 aliphatic rings. The van der Waals surface area contributed by atoms with Gasteiger partial charge in [-0.1, -0.05) is 6.92 Å². The summed E-state index contributed by atoms with van der Waals surface area (Å²) in [6, 6.07) is 3.84. The van der Waals surface area contributed by atoms with Crippen molar-refractivity contribution < 1.29 is 4.74 Å². The van der Waals surface area contributed by atoms with E-state index in [1.54, 1.807) is 12.4 Å². The van der Waals surface area contributed by atoms with E-state index in [-0.39, 0.29) is 12.1 Å². The second-order valence-corrected chi connectivity index (χ2v) is 5.26. The summed E-state index contributed by atoms with van der Waals surface area (Å²) in [5.74, 6) is 6.48. The van der Waals surface area contributed by atoms with Crippen molar-refractivity contribution >= 4 is 0 Å². The molecule has 6 heteroatoms. The fraction of sp³-hybridized carbons (Fsp3) is 0.467. The van der Waals surface area contributed by atoms with Gasteiger partial charge in [-0.25, -0.2) is 5.43 Å². The molecule has 21 heavy (non-hydrogen) atoms. The molecule has 0 saturated carbocycles. The van der Waals surface area contributed by atoms with Gasteiger partial charge >= 0.3 is 0 Å². The fourth-order valence-electron chi connectivity index (χ4n) is 2.27. The van der Waals surface area contributed by atoms with Gasteiger partial charge < -0.3 is 4.74 Å². The van der Waals surface area contributed by atoms with E-state index in [1.165, 1.54) is 0 Å². The van der Waals surface area contributed by atoms with Gasteiger partial charge in [-0.2, -0.15) is 5.10 Å². The smallest absolute Gasteiger partial charge is 0.138 e. The average molecular weight is 289 g/mol. The highest BCUT2D eigenvalue weighted by molar-refractivity contribution is 5.32. The van der Waals surface area contributed by atoms with Gasteiger partial charge in [0.05, 0.1) is 29.7 Å². The number of hydrogen-bond donors (Lipinski definition) is 2. The van der Waals surface area contributed by atoms with Crippen LogP contribution in [0.1, 0.15) is 43.8 Å². The van der Waals surface area contributed by atoms with E-state index >= 15 is 0 Å². The SMILES string of the molecule is CCc1cc(C(NN)c2cncc(OC(C)C)c2)n(C)n1. The molecular weight excluding hydrogens is 266 g/mol. The fourth-order valence-corrected chi connectivity index (χ4v) is 2.27. The van der Waals surface area contributed by atoms with E-state index < -0.39 is 0 Å². The Morgan fingerprint density at radius 3 is 2.67 bits per heavy atom. The number of hydrazine groups is 1. The highest BCUT2D eigenvalue weighted by atomic mass is 16.5. The predicted molar refractivity (Wildman–Crippen MR) is 81.8 cm³/mol. The van der Waals surface area contributed by atoms with Crippen molar-refractivity contribution in [2.24, 2.45) is 12.9 Å². The second kappa shape index (κ2) is 6.69. The molecule has 2 heterocycles. The molecule has 2 rings (SSSR count). The maximum absolute atomic E-state index is 5.75. The van der Waals surface area contributed by atoms with Crippen LogP contribution in [-0.4, -0.2) is 20.9 Å². The summed E-state index contributed by atoms with van der Waals surface area (Å²) in [5, 5.41) is 4.46. The number of nitrogens with zero attached hydrogens (tertiary/aromatic N) is 3. The second-order valence-electron chi connectivity index (χ2n) is 5.26. The molecule has 3 N–H and O–H groups in total. The summed E-state index contributed by atoms with van der Waals surface area (Å²) in [5.41, 5.74) is 5.82. The lowest BCUT2D eigenvalue weighted by atomic mass is 10.1. The molecular formula is C15H23N5O. The zero-order chi connectivity index (χ0) is 15.4. The first-order valence-corrected chi connectivity index (χ1v) is 7.15. The summed E-state index contributed by atoms with van der Waals surface area (Å²) in [4.78, 5) is 4.24. The molecule has 2 aromatic heterocycles. The maximum Gasteiger partial charge on any atom is 0.138 e. The number of nitrogens with one attached hydrogen (secondary N) is 1. The first-order valence-electron chi connectivity index (χ1n) is 7.15. The molecule has 0 bridgehead atoms. The third kappa shape index (κ3) is 3.59. The van der Waals surface area contributed by atoms with Crippen molar-refractivity contribution in [2.75, 3.05) is 0 Å². The van der Waals surface area contributed by atoms with E-state index in [0.717, 1.165) is 29.1 Å². The zero-order valence-corrected chi connectivity index (χ0v) is 13.0. The topological polar surface area (TPSA) is 78.0 Å². The average Bonchev–Trinajstić information content (AvgIpc) is 2.81. The van der Waals surface area contributed by atoms with Crippen molar-refractivity contribution in [1.82, 2.24) is 20.2 Å². The third-order valence-electron chi connectivity index (χ3n) is 3.23. The summed E-state index contributed by atoms with van der Waals surface area (Å²) in [6.07, 6.45) is 4.49.